The van der Waals surface area contributed by atoms with Crippen LogP contribution in [0.2, 0.25) is 0 Å². The summed E-state index contributed by atoms with van der Waals surface area (Å²) < 4.78 is 5.08. The number of nitrogens with zero attached hydrogens (tertiary/aromatic N) is 3. The molecule has 0 aliphatic heterocycles. The maximum absolute atomic E-state index is 12.6. The fourth-order valence-electron chi connectivity index (χ4n) is 2.20. The third-order valence-electron chi connectivity index (χ3n) is 3.60. The third kappa shape index (κ3) is 5.07. The van der Waals surface area contributed by atoms with Crippen LogP contribution < -0.4 is 0 Å². The number of Topliss-reactive ketones (excluding diaryl/α,β-unsaturated/α-hetero) is 1. The molecule has 0 saturated heterocycles. The molecule has 0 atom stereocenters. The van der Waals surface area contributed by atoms with Crippen LogP contribution in [-0.2, 0) is 4.74 Å². The number of hydrogen-bond donors (Lipinski definition) is 1. The van der Waals surface area contributed by atoms with E-state index < -0.39 is 16.7 Å². The van der Waals surface area contributed by atoms with Gasteiger partial charge in [0.1, 0.15) is 0 Å². The Labute approximate surface area is 160 Å². The number of allylic oxidation sites excluding steroid dienone is 1. The monoisotopic (exact) mass is 383 g/mol. The predicted molar refractivity (Wildman–Crippen MR) is 100 cm³/mol. The molecule has 0 fully saturated rings. The van der Waals surface area contributed by atoms with Gasteiger partial charge in [0.15, 0.2) is 5.78 Å². The van der Waals surface area contributed by atoms with Gasteiger partial charge in [-0.15, -0.1) is 0 Å². The van der Waals surface area contributed by atoms with E-state index in [4.69, 9.17) is 4.74 Å². The molecule has 144 valence electrons. The Morgan fingerprint density at radius 2 is 1.71 bits per heavy atom. The van der Waals surface area contributed by atoms with E-state index in [1.54, 1.807) is 6.92 Å². The van der Waals surface area contributed by atoms with Gasteiger partial charge in [0, 0.05) is 23.3 Å². The Balaban J connectivity index is 2.34. The van der Waals surface area contributed by atoms with Gasteiger partial charge in [0.05, 0.1) is 34.7 Å². The molecule has 9 nitrogen and oxygen atoms in total. The summed E-state index contributed by atoms with van der Waals surface area (Å²) in [6.45, 7) is 3.66. The average molecular weight is 383 g/mol. The van der Waals surface area contributed by atoms with Crippen molar-refractivity contribution >= 4 is 28.8 Å². The summed E-state index contributed by atoms with van der Waals surface area (Å²) in [5.41, 5.74) is 0.594. The zero-order chi connectivity index (χ0) is 20.7. The molecule has 0 saturated carbocycles. The molecule has 0 heterocycles. The highest BCUT2D eigenvalue weighted by Gasteiger charge is 2.19. The van der Waals surface area contributed by atoms with Crippen molar-refractivity contribution in [3.05, 3.63) is 75.5 Å². The summed E-state index contributed by atoms with van der Waals surface area (Å²) in [4.78, 5) is 34.1. The maximum atomic E-state index is 12.6. The van der Waals surface area contributed by atoms with Gasteiger partial charge in [-0.3, -0.25) is 14.9 Å². The van der Waals surface area contributed by atoms with Gasteiger partial charge < -0.3 is 9.84 Å². The summed E-state index contributed by atoms with van der Waals surface area (Å²) in [5, 5.41) is 27.9. The Kier molecular flexibility index (Phi) is 6.69. The lowest BCUT2D eigenvalue weighted by Crippen LogP contribution is -2.09. The molecule has 2 aromatic rings. The molecule has 0 radical (unpaired) electrons. The van der Waals surface area contributed by atoms with Gasteiger partial charge >= 0.3 is 5.97 Å². The van der Waals surface area contributed by atoms with Crippen molar-refractivity contribution in [2.45, 2.75) is 13.8 Å². The third-order valence-corrected chi connectivity index (χ3v) is 3.60. The minimum Gasteiger partial charge on any atom is -0.501 e. The second kappa shape index (κ2) is 9.17. The largest absolute Gasteiger partial charge is 0.501 e. The lowest BCUT2D eigenvalue weighted by molar-refractivity contribution is -0.384. The maximum Gasteiger partial charge on any atom is 0.336 e. The highest BCUT2D eigenvalue weighted by molar-refractivity contribution is 6.14. The molecular formula is C19H17N3O6. The van der Waals surface area contributed by atoms with Gasteiger partial charge in [-0.25, -0.2) is 4.79 Å². The minimum atomic E-state index is -1.24. The molecule has 9 heteroatoms. The van der Waals surface area contributed by atoms with E-state index in [-0.39, 0.29) is 28.1 Å². The average Bonchev–Trinajstić information content (AvgIpc) is 2.69. The Morgan fingerprint density at radius 1 is 1.11 bits per heavy atom. The van der Waals surface area contributed by atoms with E-state index in [0.29, 0.717) is 12.3 Å². The van der Waals surface area contributed by atoms with Crippen LogP contribution in [0.4, 0.5) is 17.1 Å². The van der Waals surface area contributed by atoms with E-state index in [1.807, 2.05) is 0 Å². The smallest absolute Gasteiger partial charge is 0.336 e. The first-order chi connectivity index (χ1) is 13.3. The minimum absolute atomic E-state index is 0.0406. The Morgan fingerprint density at radius 3 is 2.29 bits per heavy atom. The van der Waals surface area contributed by atoms with Crippen molar-refractivity contribution in [3.63, 3.8) is 0 Å². The second-order valence-corrected chi connectivity index (χ2v) is 5.59. The number of azo groups is 1. The summed E-state index contributed by atoms with van der Waals surface area (Å²) >= 11 is 0. The quantitative estimate of drug-likeness (QED) is 0.173. The van der Waals surface area contributed by atoms with E-state index in [9.17, 15) is 24.8 Å². The number of nitro groups is 1. The van der Waals surface area contributed by atoms with E-state index in [0.717, 1.165) is 0 Å². The topological polar surface area (TPSA) is 131 Å². The molecule has 0 aromatic heterocycles. The first-order valence-corrected chi connectivity index (χ1v) is 8.20. The number of ether oxygens (including phenoxy) is 1. The molecule has 0 amide bonds. The Hall–Kier alpha value is -3.88. The normalized spacial score (nSPS) is 11.4. The molecule has 2 aromatic carbocycles. The number of benzene rings is 2. The number of ketones is 1. The van der Waals surface area contributed by atoms with Crippen LogP contribution in [0.25, 0.3) is 0 Å². The zero-order valence-corrected chi connectivity index (χ0v) is 15.2. The number of carboxylic acids is 1. The van der Waals surface area contributed by atoms with Crippen molar-refractivity contribution in [3.8, 4) is 0 Å². The van der Waals surface area contributed by atoms with Gasteiger partial charge in [-0.2, -0.15) is 10.2 Å². The SMILES string of the molecule is CCOC=C(C)C(=O)c1cc(N=Nc2ccc([N+](=O)[O-])cc2)ccc1C(=O)O. The van der Waals surface area contributed by atoms with Crippen molar-refractivity contribution in [1.82, 2.24) is 0 Å². The summed E-state index contributed by atoms with van der Waals surface area (Å²) in [6, 6.07) is 9.44. The van der Waals surface area contributed by atoms with Crippen molar-refractivity contribution in [1.29, 1.82) is 0 Å². The standard InChI is InChI=1S/C19H17N3O6/c1-3-28-11-12(2)18(23)17-10-14(6-9-16(17)19(24)25)21-20-13-4-7-15(8-5-13)22(26)27/h4-11H,3H2,1-2H3,(H,24,25). The van der Waals surface area contributed by atoms with Crippen LogP contribution >= 0.6 is 0 Å². The molecule has 0 unspecified atom stereocenters. The summed E-state index contributed by atoms with van der Waals surface area (Å²) in [5.74, 6) is -1.75. The van der Waals surface area contributed by atoms with E-state index >= 15 is 0 Å². The summed E-state index contributed by atoms with van der Waals surface area (Å²) in [6.07, 6.45) is 1.28. The van der Waals surface area contributed by atoms with Crippen LogP contribution in [-0.4, -0.2) is 28.4 Å². The van der Waals surface area contributed by atoms with Crippen LogP contribution in [0, 0.1) is 10.1 Å². The molecule has 28 heavy (non-hydrogen) atoms. The molecule has 0 aliphatic rings. The highest BCUT2D eigenvalue weighted by atomic mass is 16.6. The number of carboxylic acid groups (broad SMARTS) is 1. The van der Waals surface area contributed by atoms with Crippen LogP contribution in [0.5, 0.6) is 0 Å². The zero-order valence-electron chi connectivity index (χ0n) is 15.2. The summed E-state index contributed by atoms with van der Waals surface area (Å²) in [7, 11) is 0. The molecule has 1 N–H and O–H groups in total. The Bertz CT molecular complexity index is 964. The van der Waals surface area contributed by atoms with Crippen LogP contribution in [0.1, 0.15) is 34.6 Å². The van der Waals surface area contributed by atoms with Gasteiger partial charge in [-0.05, 0) is 44.2 Å². The fourth-order valence-corrected chi connectivity index (χ4v) is 2.20. The van der Waals surface area contributed by atoms with Crippen LogP contribution in [0.15, 0.2) is 64.5 Å². The highest BCUT2D eigenvalue weighted by Crippen LogP contribution is 2.25. The van der Waals surface area contributed by atoms with Gasteiger partial charge in [0.2, 0.25) is 0 Å². The fraction of sp³-hybridized carbons (Fsp3) is 0.158. The predicted octanol–water partition coefficient (Wildman–Crippen LogP) is 4.83. The van der Waals surface area contributed by atoms with Gasteiger partial charge in [-0.1, -0.05) is 0 Å². The number of hydrogen-bond acceptors (Lipinski definition) is 7. The number of rotatable bonds is 8. The van der Waals surface area contributed by atoms with E-state index in [1.165, 1.54) is 55.7 Å². The molecular weight excluding hydrogens is 366 g/mol. The van der Waals surface area contributed by atoms with E-state index in [2.05, 4.69) is 10.2 Å². The van der Waals surface area contributed by atoms with Crippen molar-refractivity contribution in [2.75, 3.05) is 6.61 Å². The first-order valence-electron chi connectivity index (χ1n) is 8.20. The molecule has 0 spiro atoms. The second-order valence-electron chi connectivity index (χ2n) is 5.59. The number of carbonyl (C=O) groups excluding carboxylic acids is 1. The lowest BCUT2D eigenvalue weighted by atomic mass is 9.99. The number of non-ortho nitro benzene ring substituents is 1. The van der Waals surface area contributed by atoms with Crippen molar-refractivity contribution in [2.24, 2.45) is 10.2 Å². The van der Waals surface area contributed by atoms with Crippen LogP contribution in [0.3, 0.4) is 0 Å². The van der Waals surface area contributed by atoms with Gasteiger partial charge in [0.25, 0.3) is 5.69 Å². The lowest BCUT2D eigenvalue weighted by Gasteiger charge is -2.07. The molecule has 2 rings (SSSR count). The molecule has 0 bridgehead atoms. The first kappa shape index (κ1) is 20.4. The molecule has 0 aliphatic carbocycles. The number of carbonyl (C=O) groups is 2. The number of aromatic carboxylic acids is 1. The van der Waals surface area contributed by atoms with Crippen molar-refractivity contribution < 1.29 is 24.4 Å². The number of nitro benzene ring substituents is 1.